The quantitative estimate of drug-likeness (QED) is 0.637. The summed E-state index contributed by atoms with van der Waals surface area (Å²) in [6, 6.07) is 9.03. The highest BCUT2D eigenvalue weighted by molar-refractivity contribution is 6.37. The predicted molar refractivity (Wildman–Crippen MR) is 88.2 cm³/mol. The molecular formula is C16H13Cl3O. The van der Waals surface area contributed by atoms with Crippen molar-refractivity contribution in [2.75, 3.05) is 7.11 Å². The summed E-state index contributed by atoms with van der Waals surface area (Å²) in [5, 5.41) is 1.79. The zero-order chi connectivity index (χ0) is 14.7. The number of halogens is 3. The molecule has 20 heavy (non-hydrogen) atoms. The second kappa shape index (κ2) is 6.53. The van der Waals surface area contributed by atoms with E-state index in [2.05, 4.69) is 0 Å². The molecule has 4 heteroatoms. The van der Waals surface area contributed by atoms with Gasteiger partial charge in [0.15, 0.2) is 0 Å². The fourth-order valence-electron chi connectivity index (χ4n) is 1.97. The zero-order valence-electron chi connectivity index (χ0n) is 11.1. The molecule has 104 valence electrons. The maximum atomic E-state index is 6.33. The summed E-state index contributed by atoms with van der Waals surface area (Å²) < 4.78 is 5.33. The smallest absolute Gasteiger partial charge is 0.127 e. The Morgan fingerprint density at radius 2 is 1.65 bits per heavy atom. The molecule has 1 nitrogen and oxygen atoms in total. The highest BCUT2D eigenvalue weighted by atomic mass is 35.5. The van der Waals surface area contributed by atoms with Gasteiger partial charge in [-0.1, -0.05) is 47.0 Å². The third-order valence-corrected chi connectivity index (χ3v) is 3.76. The van der Waals surface area contributed by atoms with Crippen LogP contribution >= 0.6 is 34.8 Å². The highest BCUT2D eigenvalue weighted by Gasteiger charge is 2.12. The Morgan fingerprint density at radius 3 is 2.30 bits per heavy atom. The fourth-order valence-corrected chi connectivity index (χ4v) is 2.62. The fraction of sp³-hybridized carbons (Fsp3) is 0.125. The second-order valence-electron chi connectivity index (χ2n) is 4.20. The lowest BCUT2D eigenvalue weighted by Gasteiger charge is -2.12. The molecule has 0 radical (unpaired) electrons. The van der Waals surface area contributed by atoms with Gasteiger partial charge in [-0.05, 0) is 37.3 Å². The van der Waals surface area contributed by atoms with Gasteiger partial charge in [-0.3, -0.25) is 0 Å². The van der Waals surface area contributed by atoms with Crippen molar-refractivity contribution in [2.24, 2.45) is 0 Å². The molecule has 0 aliphatic carbocycles. The summed E-state index contributed by atoms with van der Waals surface area (Å²) in [6.07, 6.45) is 3.90. The monoisotopic (exact) mass is 326 g/mol. The summed E-state index contributed by atoms with van der Waals surface area (Å²) in [6.45, 7) is 1.94. The van der Waals surface area contributed by atoms with Crippen molar-refractivity contribution >= 4 is 40.9 Å². The van der Waals surface area contributed by atoms with Gasteiger partial charge in [-0.25, -0.2) is 0 Å². The molecule has 0 fully saturated rings. The first-order valence-corrected chi connectivity index (χ1v) is 7.16. The van der Waals surface area contributed by atoms with Crippen LogP contribution in [-0.2, 0) is 0 Å². The van der Waals surface area contributed by atoms with Crippen LogP contribution in [0, 0.1) is 0 Å². The van der Waals surface area contributed by atoms with Crippen molar-refractivity contribution in [3.8, 4) is 16.9 Å². The second-order valence-corrected chi connectivity index (χ2v) is 5.45. The molecule has 0 saturated carbocycles. The van der Waals surface area contributed by atoms with Crippen molar-refractivity contribution in [3.63, 3.8) is 0 Å². The van der Waals surface area contributed by atoms with Gasteiger partial charge in [0.1, 0.15) is 5.75 Å². The Balaban J connectivity index is 2.67. The average molecular weight is 328 g/mol. The first-order valence-electron chi connectivity index (χ1n) is 6.02. The van der Waals surface area contributed by atoms with Crippen molar-refractivity contribution in [1.82, 2.24) is 0 Å². The van der Waals surface area contributed by atoms with E-state index in [-0.39, 0.29) is 0 Å². The number of ether oxygens (including phenoxy) is 1. The van der Waals surface area contributed by atoms with Crippen LogP contribution in [0.1, 0.15) is 12.5 Å². The molecule has 2 rings (SSSR count). The van der Waals surface area contributed by atoms with E-state index >= 15 is 0 Å². The van der Waals surface area contributed by atoms with E-state index in [1.54, 1.807) is 31.4 Å². The van der Waals surface area contributed by atoms with E-state index in [0.717, 1.165) is 22.4 Å². The van der Waals surface area contributed by atoms with Gasteiger partial charge in [-0.15, -0.1) is 0 Å². The van der Waals surface area contributed by atoms with E-state index in [4.69, 9.17) is 39.5 Å². The van der Waals surface area contributed by atoms with Gasteiger partial charge in [-0.2, -0.15) is 0 Å². The summed E-state index contributed by atoms with van der Waals surface area (Å²) in [5.41, 5.74) is 2.57. The molecule has 0 saturated heterocycles. The lowest BCUT2D eigenvalue weighted by molar-refractivity contribution is 0.414. The molecule has 0 aliphatic rings. The number of allylic oxidation sites excluding steroid dienone is 1. The third kappa shape index (κ3) is 3.12. The Morgan fingerprint density at radius 1 is 0.950 bits per heavy atom. The van der Waals surface area contributed by atoms with Crippen LogP contribution < -0.4 is 4.74 Å². The predicted octanol–water partition coefficient (Wildman–Crippen LogP) is 6.36. The van der Waals surface area contributed by atoms with Gasteiger partial charge in [0.25, 0.3) is 0 Å². The molecule has 0 N–H and O–H groups in total. The first kappa shape index (κ1) is 15.2. The summed E-state index contributed by atoms with van der Waals surface area (Å²) >= 11 is 18.6. The minimum Gasteiger partial charge on any atom is -0.496 e. The van der Waals surface area contributed by atoms with Crippen molar-refractivity contribution in [1.29, 1.82) is 0 Å². The van der Waals surface area contributed by atoms with Crippen LogP contribution in [-0.4, -0.2) is 7.11 Å². The first-order chi connectivity index (χ1) is 9.56. The van der Waals surface area contributed by atoms with E-state index in [0.29, 0.717) is 15.1 Å². The molecule has 0 aromatic heterocycles. The van der Waals surface area contributed by atoms with Gasteiger partial charge in [0, 0.05) is 26.7 Å². The molecule has 0 unspecified atom stereocenters. The lowest BCUT2D eigenvalue weighted by Crippen LogP contribution is -1.90. The van der Waals surface area contributed by atoms with Crippen LogP contribution in [0.25, 0.3) is 17.2 Å². The maximum absolute atomic E-state index is 6.33. The molecule has 2 aromatic carbocycles. The van der Waals surface area contributed by atoms with E-state index in [9.17, 15) is 0 Å². The maximum Gasteiger partial charge on any atom is 0.127 e. The Hall–Kier alpha value is -1.15. The van der Waals surface area contributed by atoms with Gasteiger partial charge in [0.2, 0.25) is 0 Å². The third-order valence-electron chi connectivity index (χ3n) is 2.88. The highest BCUT2D eigenvalue weighted by Crippen LogP contribution is 2.38. The molecule has 0 bridgehead atoms. The zero-order valence-corrected chi connectivity index (χ0v) is 13.4. The van der Waals surface area contributed by atoms with Crippen molar-refractivity contribution in [3.05, 3.63) is 57.0 Å². The Labute approximate surface area is 133 Å². The number of benzene rings is 2. The summed E-state index contributed by atoms with van der Waals surface area (Å²) in [4.78, 5) is 0. The SMILES string of the molecule is C/C=C/c1cc(-c2cc(Cl)ccc2Cl)c(Cl)cc1OC. The topological polar surface area (TPSA) is 9.23 Å². The summed E-state index contributed by atoms with van der Waals surface area (Å²) in [5.74, 6) is 0.718. The molecule has 0 aliphatic heterocycles. The molecule has 0 amide bonds. The Bertz CT molecular complexity index is 663. The van der Waals surface area contributed by atoms with Crippen LogP contribution in [0.5, 0.6) is 5.75 Å². The largest absolute Gasteiger partial charge is 0.496 e. The number of hydrogen-bond donors (Lipinski definition) is 0. The number of methoxy groups -OCH3 is 1. The van der Waals surface area contributed by atoms with Crippen LogP contribution in [0.3, 0.4) is 0 Å². The van der Waals surface area contributed by atoms with Crippen LogP contribution in [0.15, 0.2) is 36.4 Å². The van der Waals surface area contributed by atoms with Crippen molar-refractivity contribution < 1.29 is 4.74 Å². The molecule has 0 spiro atoms. The minimum absolute atomic E-state index is 0.569. The van der Waals surface area contributed by atoms with Gasteiger partial charge in [0.05, 0.1) is 12.1 Å². The van der Waals surface area contributed by atoms with Crippen LogP contribution in [0.4, 0.5) is 0 Å². The average Bonchev–Trinajstić information content (AvgIpc) is 2.43. The number of hydrogen-bond acceptors (Lipinski definition) is 1. The van der Waals surface area contributed by atoms with Gasteiger partial charge < -0.3 is 4.74 Å². The Kier molecular flexibility index (Phi) is 4.98. The normalized spacial score (nSPS) is 11.1. The minimum atomic E-state index is 0.569. The molecular weight excluding hydrogens is 315 g/mol. The molecule has 2 aromatic rings. The van der Waals surface area contributed by atoms with Gasteiger partial charge >= 0.3 is 0 Å². The number of rotatable bonds is 3. The lowest BCUT2D eigenvalue weighted by atomic mass is 10.0. The standard InChI is InChI=1S/C16H13Cl3O/c1-3-4-10-7-12(15(19)9-16(10)20-2)13-8-11(17)5-6-14(13)18/h3-9H,1-2H3/b4-3+. The molecule has 0 heterocycles. The van der Waals surface area contributed by atoms with E-state index in [1.807, 2.05) is 25.1 Å². The summed E-state index contributed by atoms with van der Waals surface area (Å²) in [7, 11) is 1.62. The van der Waals surface area contributed by atoms with E-state index < -0.39 is 0 Å². The van der Waals surface area contributed by atoms with Crippen LogP contribution in [0.2, 0.25) is 15.1 Å². The molecule has 0 atom stereocenters. The van der Waals surface area contributed by atoms with E-state index in [1.165, 1.54) is 0 Å². The van der Waals surface area contributed by atoms with Crippen molar-refractivity contribution in [2.45, 2.75) is 6.92 Å².